The second kappa shape index (κ2) is 7.88. The van der Waals surface area contributed by atoms with E-state index in [0.717, 1.165) is 0 Å². The first kappa shape index (κ1) is 16.5. The molecule has 0 aliphatic carbocycles. The van der Waals surface area contributed by atoms with E-state index in [0.29, 0.717) is 23.9 Å². The topological polar surface area (TPSA) is 70.8 Å². The molecule has 20 heavy (non-hydrogen) atoms. The van der Waals surface area contributed by atoms with Crippen LogP contribution in [0.5, 0.6) is 0 Å². The van der Waals surface area contributed by atoms with Crippen LogP contribution in [-0.2, 0) is 10.5 Å². The highest BCUT2D eigenvalue weighted by molar-refractivity contribution is 7.98. The van der Waals surface area contributed by atoms with E-state index in [1.165, 1.54) is 24.1 Å². The van der Waals surface area contributed by atoms with Gasteiger partial charge in [0.15, 0.2) is 5.76 Å². The summed E-state index contributed by atoms with van der Waals surface area (Å²) in [4.78, 5) is 23.6. The second-order valence-electron chi connectivity index (χ2n) is 4.06. The molecule has 5 nitrogen and oxygen atoms in total. The number of amides is 1. The Morgan fingerprint density at radius 2 is 2.15 bits per heavy atom. The fourth-order valence-electron chi connectivity index (χ4n) is 1.47. The minimum absolute atomic E-state index is 0.00627. The third-order valence-electron chi connectivity index (χ3n) is 2.45. The van der Waals surface area contributed by atoms with Crippen LogP contribution in [0.2, 0.25) is 0 Å². The lowest BCUT2D eigenvalue weighted by molar-refractivity contribution is -0.137. The van der Waals surface area contributed by atoms with Crippen LogP contribution in [0, 0.1) is 0 Å². The first-order valence-corrected chi connectivity index (χ1v) is 6.90. The van der Waals surface area contributed by atoms with Crippen LogP contribution in [0.1, 0.15) is 29.2 Å². The minimum Gasteiger partial charge on any atom is -0.481 e. The first-order valence-electron chi connectivity index (χ1n) is 5.86. The first-order chi connectivity index (χ1) is 9.40. The molecule has 1 aromatic rings. The summed E-state index contributed by atoms with van der Waals surface area (Å²) < 4.78 is 29.2. The van der Waals surface area contributed by atoms with Gasteiger partial charge in [0.05, 0.1) is 5.75 Å². The standard InChI is InChI=1S/C12H15F2NO4S/c1-15(6-2-3-10(16)17)11(18)9-5-4-8(19-9)7-20-12(13)14/h4-5,12H,2-3,6-7H2,1H3,(H,16,17). The van der Waals surface area contributed by atoms with Gasteiger partial charge in [0.2, 0.25) is 0 Å². The molecule has 0 radical (unpaired) electrons. The van der Waals surface area contributed by atoms with Crippen molar-refractivity contribution in [1.82, 2.24) is 4.90 Å². The fraction of sp³-hybridized carbons (Fsp3) is 0.500. The van der Waals surface area contributed by atoms with Crippen molar-refractivity contribution in [2.45, 2.75) is 24.4 Å². The highest BCUT2D eigenvalue weighted by atomic mass is 32.2. The largest absolute Gasteiger partial charge is 0.481 e. The summed E-state index contributed by atoms with van der Waals surface area (Å²) in [7, 11) is 1.53. The van der Waals surface area contributed by atoms with Gasteiger partial charge in [0.1, 0.15) is 5.76 Å². The zero-order valence-electron chi connectivity index (χ0n) is 10.8. The van der Waals surface area contributed by atoms with Gasteiger partial charge in [-0.3, -0.25) is 9.59 Å². The van der Waals surface area contributed by atoms with Gasteiger partial charge in [0.25, 0.3) is 11.7 Å². The number of alkyl halides is 2. The van der Waals surface area contributed by atoms with E-state index in [9.17, 15) is 18.4 Å². The molecule has 112 valence electrons. The van der Waals surface area contributed by atoms with E-state index in [1.54, 1.807) is 0 Å². The lowest BCUT2D eigenvalue weighted by atomic mass is 10.3. The molecule has 0 spiro atoms. The summed E-state index contributed by atoms with van der Waals surface area (Å²) in [5, 5.41) is 8.50. The number of nitrogens with zero attached hydrogens (tertiary/aromatic N) is 1. The third kappa shape index (κ3) is 5.60. The van der Waals surface area contributed by atoms with Gasteiger partial charge in [-0.15, -0.1) is 0 Å². The summed E-state index contributed by atoms with van der Waals surface area (Å²) in [5.74, 6) is -3.45. The molecular formula is C12H15F2NO4S. The Morgan fingerprint density at radius 1 is 1.45 bits per heavy atom. The highest BCUT2D eigenvalue weighted by Crippen LogP contribution is 2.21. The molecule has 1 aromatic heterocycles. The Hall–Kier alpha value is -1.57. The van der Waals surface area contributed by atoms with Crippen molar-refractivity contribution in [3.63, 3.8) is 0 Å². The number of carboxylic acid groups (broad SMARTS) is 1. The van der Waals surface area contributed by atoms with Gasteiger partial charge in [-0.05, 0) is 18.6 Å². The van der Waals surface area contributed by atoms with Gasteiger partial charge in [-0.25, -0.2) is 0 Å². The van der Waals surface area contributed by atoms with Gasteiger partial charge >= 0.3 is 5.97 Å². The van der Waals surface area contributed by atoms with Gasteiger partial charge in [-0.2, -0.15) is 8.78 Å². The number of aliphatic carboxylic acids is 1. The van der Waals surface area contributed by atoms with Crippen molar-refractivity contribution in [2.75, 3.05) is 13.6 Å². The van der Waals surface area contributed by atoms with Crippen molar-refractivity contribution in [3.05, 3.63) is 23.7 Å². The average molecular weight is 307 g/mol. The van der Waals surface area contributed by atoms with E-state index >= 15 is 0 Å². The zero-order chi connectivity index (χ0) is 15.1. The molecule has 0 bridgehead atoms. The Kier molecular flexibility index (Phi) is 6.50. The van der Waals surface area contributed by atoms with E-state index in [4.69, 9.17) is 9.52 Å². The predicted molar refractivity (Wildman–Crippen MR) is 69.8 cm³/mol. The Bertz CT molecular complexity index is 464. The molecular weight excluding hydrogens is 292 g/mol. The number of carboxylic acids is 1. The molecule has 1 amide bonds. The molecule has 0 aliphatic heterocycles. The quantitative estimate of drug-likeness (QED) is 0.799. The number of carbonyl (C=O) groups is 2. The fourth-order valence-corrected chi connectivity index (χ4v) is 1.92. The van der Waals surface area contributed by atoms with Crippen LogP contribution < -0.4 is 0 Å². The molecule has 0 atom stereocenters. The predicted octanol–water partition coefficient (Wildman–Crippen LogP) is 2.67. The normalized spacial score (nSPS) is 10.8. The number of hydrogen-bond donors (Lipinski definition) is 1. The maximum atomic E-state index is 12.0. The summed E-state index contributed by atoms with van der Waals surface area (Å²) >= 11 is 0.418. The van der Waals surface area contributed by atoms with Crippen molar-refractivity contribution in [2.24, 2.45) is 0 Å². The summed E-state index contributed by atoms with van der Waals surface area (Å²) in [6.45, 7) is 0.285. The number of rotatable bonds is 8. The lowest BCUT2D eigenvalue weighted by Crippen LogP contribution is -2.27. The molecule has 1 N–H and O–H groups in total. The summed E-state index contributed by atoms with van der Waals surface area (Å²) in [5.41, 5.74) is 0. The van der Waals surface area contributed by atoms with Gasteiger partial charge in [0, 0.05) is 20.0 Å². The van der Waals surface area contributed by atoms with E-state index in [1.807, 2.05) is 0 Å². The molecule has 0 unspecified atom stereocenters. The molecule has 0 fully saturated rings. The minimum atomic E-state index is -2.49. The SMILES string of the molecule is CN(CCCC(=O)O)C(=O)c1ccc(CSC(F)F)o1. The molecule has 1 heterocycles. The van der Waals surface area contributed by atoms with E-state index in [2.05, 4.69) is 0 Å². The van der Waals surface area contributed by atoms with Crippen LogP contribution in [0.25, 0.3) is 0 Å². The zero-order valence-corrected chi connectivity index (χ0v) is 11.7. The molecule has 8 heteroatoms. The van der Waals surface area contributed by atoms with Crippen LogP contribution in [0.15, 0.2) is 16.5 Å². The Labute approximate surface area is 118 Å². The number of furan rings is 1. The van der Waals surface area contributed by atoms with Crippen molar-refractivity contribution in [3.8, 4) is 0 Å². The van der Waals surface area contributed by atoms with Crippen LogP contribution in [0.4, 0.5) is 8.78 Å². The maximum Gasteiger partial charge on any atom is 0.303 e. The van der Waals surface area contributed by atoms with Crippen LogP contribution in [-0.4, -0.2) is 41.2 Å². The highest BCUT2D eigenvalue weighted by Gasteiger charge is 2.16. The van der Waals surface area contributed by atoms with Crippen molar-refractivity contribution < 1.29 is 27.9 Å². The van der Waals surface area contributed by atoms with Crippen molar-refractivity contribution >= 4 is 23.6 Å². The summed E-state index contributed by atoms with van der Waals surface area (Å²) in [6, 6.07) is 2.91. The monoisotopic (exact) mass is 307 g/mol. The average Bonchev–Trinajstić information content (AvgIpc) is 2.83. The van der Waals surface area contributed by atoms with Crippen LogP contribution >= 0.6 is 11.8 Å². The van der Waals surface area contributed by atoms with Crippen molar-refractivity contribution in [1.29, 1.82) is 0 Å². The smallest absolute Gasteiger partial charge is 0.303 e. The maximum absolute atomic E-state index is 12.0. The number of hydrogen-bond acceptors (Lipinski definition) is 4. The van der Waals surface area contributed by atoms with Gasteiger partial charge < -0.3 is 14.4 Å². The van der Waals surface area contributed by atoms with Crippen LogP contribution in [0.3, 0.4) is 0 Å². The third-order valence-corrected chi connectivity index (χ3v) is 3.16. The molecule has 0 saturated heterocycles. The molecule has 1 rings (SSSR count). The van der Waals surface area contributed by atoms with Gasteiger partial charge in [-0.1, -0.05) is 11.8 Å². The number of carbonyl (C=O) groups excluding carboxylic acids is 1. The Morgan fingerprint density at radius 3 is 2.75 bits per heavy atom. The summed E-state index contributed by atoms with van der Waals surface area (Å²) in [6.07, 6.45) is 0.318. The number of thioether (sulfide) groups is 1. The molecule has 0 aliphatic rings. The Balaban J connectivity index is 2.48. The second-order valence-corrected chi connectivity index (χ2v) is 5.04. The lowest BCUT2D eigenvalue weighted by Gasteiger charge is -2.14. The van der Waals surface area contributed by atoms with E-state index < -0.39 is 17.6 Å². The molecule has 0 saturated carbocycles. The number of halogens is 2. The molecule has 0 aromatic carbocycles. The van der Waals surface area contributed by atoms with E-state index in [-0.39, 0.29) is 24.5 Å².